The molecule has 2 aromatic carbocycles. The Labute approximate surface area is 146 Å². The van der Waals surface area contributed by atoms with Crippen molar-refractivity contribution in [2.45, 2.75) is 6.54 Å². The van der Waals surface area contributed by atoms with E-state index in [4.69, 9.17) is 5.26 Å². The highest BCUT2D eigenvalue weighted by Crippen LogP contribution is 2.21. The van der Waals surface area contributed by atoms with Gasteiger partial charge in [0.2, 0.25) is 0 Å². The van der Waals surface area contributed by atoms with Gasteiger partial charge in [-0.1, -0.05) is 0 Å². The topological polar surface area (TPSA) is 66.3 Å². The maximum absolute atomic E-state index is 9.41. The molecule has 0 atom stereocenters. The van der Waals surface area contributed by atoms with Crippen molar-refractivity contribution in [3.05, 3.63) is 59.8 Å². The van der Waals surface area contributed by atoms with Crippen molar-refractivity contribution in [2.24, 2.45) is 0 Å². The molecule has 5 nitrogen and oxygen atoms in total. The molecule has 126 valence electrons. The van der Waals surface area contributed by atoms with Crippen LogP contribution in [0.15, 0.2) is 48.5 Å². The highest BCUT2D eigenvalue weighted by molar-refractivity contribution is 5.81. The average Bonchev–Trinajstić information content (AvgIpc) is 3.04. The van der Waals surface area contributed by atoms with E-state index in [1.165, 1.54) is 5.69 Å². The molecule has 2 heterocycles. The van der Waals surface area contributed by atoms with Crippen LogP contribution in [0.1, 0.15) is 11.3 Å². The number of piperazine rings is 1. The van der Waals surface area contributed by atoms with E-state index in [1.54, 1.807) is 12.1 Å². The monoisotopic (exact) mass is 332 g/mol. The highest BCUT2D eigenvalue weighted by Gasteiger charge is 2.18. The molecule has 0 saturated carbocycles. The molecule has 2 N–H and O–H groups in total. The third kappa shape index (κ3) is 3.30. The quantitative estimate of drug-likeness (QED) is 0.773. The average molecular weight is 332 g/mol. The van der Waals surface area contributed by atoms with Gasteiger partial charge < -0.3 is 15.0 Å². The van der Waals surface area contributed by atoms with Crippen molar-refractivity contribution in [1.29, 1.82) is 5.26 Å². The summed E-state index contributed by atoms with van der Waals surface area (Å²) in [5.41, 5.74) is 4.12. The lowest BCUT2D eigenvalue weighted by atomic mass is 10.2. The predicted molar refractivity (Wildman–Crippen MR) is 98.6 cm³/mol. The van der Waals surface area contributed by atoms with Gasteiger partial charge in [-0.05, 0) is 48.5 Å². The molecule has 1 aliphatic rings. The zero-order valence-electron chi connectivity index (χ0n) is 13.9. The standard InChI is InChI=1S/C20H20N4O/c21-13-15-1-6-20-16(11-15)12-17(22-20)14-23-7-9-24(10-8-23)18-2-4-19(25)5-3-18/h1-6,11-12,22,25H,7-10,14H2. The maximum atomic E-state index is 9.41. The number of nitrogens with one attached hydrogen (secondary N) is 1. The number of nitriles is 1. The Hall–Kier alpha value is -2.97. The van der Waals surface area contributed by atoms with Crippen LogP contribution in [0, 0.1) is 11.3 Å². The van der Waals surface area contributed by atoms with E-state index in [9.17, 15) is 5.11 Å². The summed E-state index contributed by atoms with van der Waals surface area (Å²) in [5, 5.41) is 19.5. The minimum absolute atomic E-state index is 0.306. The van der Waals surface area contributed by atoms with Crippen LogP contribution in [0.3, 0.4) is 0 Å². The number of anilines is 1. The van der Waals surface area contributed by atoms with Crippen LogP contribution in [-0.4, -0.2) is 41.2 Å². The second kappa shape index (κ2) is 6.50. The molecule has 1 saturated heterocycles. The van der Waals surface area contributed by atoms with Gasteiger partial charge in [-0.15, -0.1) is 0 Å². The Morgan fingerprint density at radius 1 is 1.00 bits per heavy atom. The van der Waals surface area contributed by atoms with Gasteiger partial charge in [-0.2, -0.15) is 5.26 Å². The van der Waals surface area contributed by atoms with E-state index >= 15 is 0 Å². The molecule has 1 aromatic heterocycles. The summed E-state index contributed by atoms with van der Waals surface area (Å²) in [5.74, 6) is 0.306. The second-order valence-electron chi connectivity index (χ2n) is 6.49. The Morgan fingerprint density at radius 3 is 2.48 bits per heavy atom. The van der Waals surface area contributed by atoms with Crippen molar-refractivity contribution >= 4 is 16.6 Å². The SMILES string of the molecule is N#Cc1ccc2[nH]c(CN3CCN(c4ccc(O)cc4)CC3)cc2c1. The van der Waals surface area contributed by atoms with Crippen LogP contribution < -0.4 is 4.90 Å². The normalized spacial score (nSPS) is 15.4. The fraction of sp³-hybridized carbons (Fsp3) is 0.250. The first-order chi connectivity index (χ1) is 12.2. The molecular formula is C20H20N4O. The Balaban J connectivity index is 1.40. The van der Waals surface area contributed by atoms with E-state index in [0.717, 1.165) is 49.3 Å². The van der Waals surface area contributed by atoms with Gasteiger partial charge in [-0.3, -0.25) is 4.90 Å². The van der Waals surface area contributed by atoms with E-state index in [0.29, 0.717) is 11.3 Å². The first kappa shape index (κ1) is 15.6. The minimum atomic E-state index is 0.306. The number of aromatic amines is 1. The lowest BCUT2D eigenvalue weighted by Gasteiger charge is -2.35. The van der Waals surface area contributed by atoms with Gasteiger partial charge in [0, 0.05) is 55.0 Å². The molecule has 3 aromatic rings. The first-order valence-electron chi connectivity index (χ1n) is 8.49. The highest BCUT2D eigenvalue weighted by atomic mass is 16.3. The molecule has 25 heavy (non-hydrogen) atoms. The van der Waals surface area contributed by atoms with Crippen LogP contribution >= 0.6 is 0 Å². The van der Waals surface area contributed by atoms with Gasteiger partial charge in [-0.25, -0.2) is 0 Å². The maximum Gasteiger partial charge on any atom is 0.115 e. The largest absolute Gasteiger partial charge is 0.508 e. The van der Waals surface area contributed by atoms with Gasteiger partial charge in [0.1, 0.15) is 5.75 Å². The number of hydrogen-bond donors (Lipinski definition) is 2. The molecule has 0 bridgehead atoms. The van der Waals surface area contributed by atoms with Crippen LogP contribution in [0.4, 0.5) is 5.69 Å². The first-order valence-corrected chi connectivity index (χ1v) is 8.49. The third-order valence-electron chi connectivity index (χ3n) is 4.79. The van der Waals surface area contributed by atoms with E-state index in [-0.39, 0.29) is 0 Å². The summed E-state index contributed by atoms with van der Waals surface area (Å²) in [7, 11) is 0. The summed E-state index contributed by atoms with van der Waals surface area (Å²) in [6.45, 7) is 4.84. The zero-order chi connectivity index (χ0) is 17.2. The molecule has 1 aliphatic heterocycles. The summed E-state index contributed by atoms with van der Waals surface area (Å²) in [6, 6.07) is 17.5. The van der Waals surface area contributed by atoms with Gasteiger partial charge in [0.15, 0.2) is 0 Å². The zero-order valence-corrected chi connectivity index (χ0v) is 13.9. The molecule has 0 spiro atoms. The van der Waals surface area contributed by atoms with Crippen LogP contribution in [0.25, 0.3) is 10.9 Å². The number of fused-ring (bicyclic) bond motifs is 1. The lowest BCUT2D eigenvalue weighted by Crippen LogP contribution is -2.46. The van der Waals surface area contributed by atoms with Gasteiger partial charge in [0.05, 0.1) is 11.6 Å². The number of rotatable bonds is 3. The van der Waals surface area contributed by atoms with Crippen molar-refractivity contribution in [1.82, 2.24) is 9.88 Å². The molecule has 0 aliphatic carbocycles. The molecule has 5 heteroatoms. The molecule has 0 radical (unpaired) electrons. The number of aromatic nitrogens is 1. The molecule has 0 unspecified atom stereocenters. The van der Waals surface area contributed by atoms with Crippen LogP contribution in [0.2, 0.25) is 0 Å². The number of hydrogen-bond acceptors (Lipinski definition) is 4. The number of aromatic hydroxyl groups is 1. The molecular weight excluding hydrogens is 312 g/mol. The fourth-order valence-electron chi connectivity index (χ4n) is 3.42. The number of phenols is 1. The smallest absolute Gasteiger partial charge is 0.115 e. The molecule has 1 fully saturated rings. The van der Waals surface area contributed by atoms with Gasteiger partial charge >= 0.3 is 0 Å². The van der Waals surface area contributed by atoms with E-state index < -0.39 is 0 Å². The number of nitrogens with zero attached hydrogens (tertiary/aromatic N) is 3. The van der Waals surface area contributed by atoms with Gasteiger partial charge in [0.25, 0.3) is 0 Å². The lowest BCUT2D eigenvalue weighted by molar-refractivity contribution is 0.247. The van der Waals surface area contributed by atoms with E-state index in [1.807, 2.05) is 30.3 Å². The molecule has 4 rings (SSSR count). The van der Waals surface area contributed by atoms with Crippen LogP contribution in [0.5, 0.6) is 5.75 Å². The minimum Gasteiger partial charge on any atom is -0.508 e. The predicted octanol–water partition coefficient (Wildman–Crippen LogP) is 3.07. The van der Waals surface area contributed by atoms with Crippen molar-refractivity contribution < 1.29 is 5.11 Å². The Kier molecular flexibility index (Phi) is 4.04. The van der Waals surface area contributed by atoms with Crippen molar-refractivity contribution in [2.75, 3.05) is 31.1 Å². The Bertz CT molecular complexity index is 915. The summed E-state index contributed by atoms with van der Waals surface area (Å²) >= 11 is 0. The summed E-state index contributed by atoms with van der Waals surface area (Å²) < 4.78 is 0. The summed E-state index contributed by atoms with van der Waals surface area (Å²) in [4.78, 5) is 8.24. The van der Waals surface area contributed by atoms with E-state index in [2.05, 4.69) is 26.9 Å². The third-order valence-corrected chi connectivity index (χ3v) is 4.79. The van der Waals surface area contributed by atoms with Crippen molar-refractivity contribution in [3.8, 4) is 11.8 Å². The van der Waals surface area contributed by atoms with Crippen LogP contribution in [-0.2, 0) is 6.54 Å². The molecule has 0 amide bonds. The Morgan fingerprint density at radius 2 is 1.76 bits per heavy atom. The fourth-order valence-corrected chi connectivity index (χ4v) is 3.42. The number of phenolic OH excluding ortho intramolecular Hbond substituents is 1. The second-order valence-corrected chi connectivity index (χ2v) is 6.49. The number of H-pyrrole nitrogens is 1. The summed E-state index contributed by atoms with van der Waals surface area (Å²) in [6.07, 6.45) is 0. The van der Waals surface area contributed by atoms with Crippen molar-refractivity contribution in [3.63, 3.8) is 0 Å². The number of benzene rings is 2.